The summed E-state index contributed by atoms with van der Waals surface area (Å²) in [4.78, 5) is 0. The molecule has 0 fully saturated rings. The molecule has 0 amide bonds. The highest BCUT2D eigenvalue weighted by Crippen LogP contribution is 2.29. The van der Waals surface area contributed by atoms with Gasteiger partial charge in [0.05, 0.1) is 12.1 Å². The molecule has 0 bridgehead atoms. The van der Waals surface area contributed by atoms with Gasteiger partial charge in [-0.25, -0.2) is 0 Å². The maximum absolute atomic E-state index is 3.85. The molecule has 0 aliphatic heterocycles. The second kappa shape index (κ2) is 12.7. The van der Waals surface area contributed by atoms with Crippen LogP contribution in [0.2, 0.25) is 0 Å². The van der Waals surface area contributed by atoms with Gasteiger partial charge in [0.25, 0.3) is 0 Å². The Labute approximate surface area is 160 Å². The van der Waals surface area contributed by atoms with Crippen molar-refractivity contribution >= 4 is 0 Å². The molecule has 2 rings (SSSR count). The summed E-state index contributed by atoms with van der Waals surface area (Å²) in [6.45, 7) is 6.65. The Morgan fingerprint density at radius 1 is 0.577 bits per heavy atom. The molecule has 0 saturated heterocycles. The zero-order valence-corrected chi connectivity index (χ0v) is 16.6. The molecule has 0 aliphatic rings. The lowest BCUT2D eigenvalue weighted by Crippen LogP contribution is -2.36. The van der Waals surface area contributed by atoms with E-state index in [0.717, 1.165) is 13.1 Å². The third-order valence-corrected chi connectivity index (χ3v) is 4.94. The Morgan fingerprint density at radius 3 is 1.31 bits per heavy atom. The van der Waals surface area contributed by atoms with E-state index in [4.69, 9.17) is 0 Å². The standard InChI is InChI=1S/C24H36N2/c1-3-5-13-19-25-23(21-15-9-7-10-16-21)24(26-20-14-6-4-2)22-17-11-8-12-18-22/h7-12,15-18,23-26H,3-6,13-14,19-20H2,1-2H3. The van der Waals surface area contributed by atoms with E-state index in [1.165, 1.54) is 49.7 Å². The fourth-order valence-corrected chi connectivity index (χ4v) is 3.44. The first-order chi connectivity index (χ1) is 12.9. The highest BCUT2D eigenvalue weighted by molar-refractivity contribution is 5.27. The number of hydrogen-bond donors (Lipinski definition) is 2. The molecule has 0 aromatic heterocycles. The Morgan fingerprint density at radius 2 is 0.962 bits per heavy atom. The SMILES string of the molecule is CCCCCNC(c1ccccc1)C(NCCCCC)c1ccccc1. The van der Waals surface area contributed by atoms with Gasteiger partial charge < -0.3 is 10.6 Å². The van der Waals surface area contributed by atoms with Crippen LogP contribution in [0, 0.1) is 0 Å². The van der Waals surface area contributed by atoms with Crippen molar-refractivity contribution in [2.75, 3.05) is 13.1 Å². The van der Waals surface area contributed by atoms with Crippen molar-refractivity contribution < 1.29 is 0 Å². The zero-order chi connectivity index (χ0) is 18.5. The molecule has 2 nitrogen and oxygen atoms in total. The lowest BCUT2D eigenvalue weighted by atomic mass is 9.93. The van der Waals surface area contributed by atoms with Crippen molar-refractivity contribution in [2.24, 2.45) is 0 Å². The highest BCUT2D eigenvalue weighted by atomic mass is 15.0. The molecule has 26 heavy (non-hydrogen) atoms. The minimum absolute atomic E-state index is 0.289. The molecule has 0 radical (unpaired) electrons. The van der Waals surface area contributed by atoms with Crippen molar-refractivity contribution in [1.29, 1.82) is 0 Å². The van der Waals surface area contributed by atoms with Crippen LogP contribution in [-0.2, 0) is 0 Å². The summed E-state index contributed by atoms with van der Waals surface area (Å²) in [5, 5.41) is 7.70. The topological polar surface area (TPSA) is 24.1 Å². The van der Waals surface area contributed by atoms with Crippen molar-refractivity contribution in [3.05, 3.63) is 71.8 Å². The van der Waals surface area contributed by atoms with Crippen molar-refractivity contribution in [3.63, 3.8) is 0 Å². The van der Waals surface area contributed by atoms with E-state index in [1.807, 2.05) is 0 Å². The summed E-state index contributed by atoms with van der Waals surface area (Å²) in [6, 6.07) is 22.4. The average molecular weight is 353 g/mol. The summed E-state index contributed by atoms with van der Waals surface area (Å²) < 4.78 is 0. The second-order valence-corrected chi connectivity index (χ2v) is 7.10. The van der Waals surface area contributed by atoms with Gasteiger partial charge in [-0.05, 0) is 37.1 Å². The van der Waals surface area contributed by atoms with Crippen LogP contribution in [0.15, 0.2) is 60.7 Å². The van der Waals surface area contributed by atoms with Crippen molar-refractivity contribution in [3.8, 4) is 0 Å². The summed E-state index contributed by atoms with van der Waals surface area (Å²) in [5.41, 5.74) is 2.72. The van der Waals surface area contributed by atoms with Crippen molar-refractivity contribution in [2.45, 2.75) is 64.5 Å². The van der Waals surface area contributed by atoms with E-state index >= 15 is 0 Å². The molecule has 2 aromatic carbocycles. The van der Waals surface area contributed by atoms with Crippen LogP contribution in [0.25, 0.3) is 0 Å². The van der Waals surface area contributed by atoms with E-state index in [2.05, 4.69) is 85.1 Å². The first kappa shape index (κ1) is 20.7. The quantitative estimate of drug-likeness (QED) is 0.430. The Kier molecular flexibility index (Phi) is 10.1. The maximum Gasteiger partial charge on any atom is 0.0518 e. The summed E-state index contributed by atoms with van der Waals surface area (Å²) in [6.07, 6.45) is 7.56. The van der Waals surface area contributed by atoms with Crippen LogP contribution in [0.5, 0.6) is 0 Å². The van der Waals surface area contributed by atoms with Gasteiger partial charge in [-0.15, -0.1) is 0 Å². The van der Waals surface area contributed by atoms with Gasteiger partial charge in [-0.1, -0.05) is 100 Å². The summed E-state index contributed by atoms with van der Waals surface area (Å²) >= 11 is 0. The molecule has 0 spiro atoms. The zero-order valence-electron chi connectivity index (χ0n) is 16.6. The van der Waals surface area contributed by atoms with E-state index in [0.29, 0.717) is 0 Å². The minimum atomic E-state index is 0.289. The van der Waals surface area contributed by atoms with E-state index in [1.54, 1.807) is 0 Å². The van der Waals surface area contributed by atoms with E-state index in [-0.39, 0.29) is 12.1 Å². The summed E-state index contributed by atoms with van der Waals surface area (Å²) in [7, 11) is 0. The number of hydrogen-bond acceptors (Lipinski definition) is 2. The maximum atomic E-state index is 3.85. The second-order valence-electron chi connectivity index (χ2n) is 7.10. The van der Waals surface area contributed by atoms with E-state index in [9.17, 15) is 0 Å². The third kappa shape index (κ3) is 6.93. The molecule has 2 heteroatoms. The third-order valence-electron chi connectivity index (χ3n) is 4.94. The lowest BCUT2D eigenvalue weighted by molar-refractivity contribution is 0.377. The molecule has 0 saturated carbocycles. The van der Waals surface area contributed by atoms with Crippen LogP contribution < -0.4 is 10.6 Å². The first-order valence-electron chi connectivity index (χ1n) is 10.4. The van der Waals surface area contributed by atoms with Crippen molar-refractivity contribution in [1.82, 2.24) is 10.6 Å². The molecule has 2 unspecified atom stereocenters. The predicted octanol–water partition coefficient (Wildman–Crippen LogP) is 6.03. The molecule has 2 aromatic rings. The number of benzene rings is 2. The molecule has 2 atom stereocenters. The van der Waals surface area contributed by atoms with Gasteiger partial charge in [0.15, 0.2) is 0 Å². The average Bonchev–Trinajstić information content (AvgIpc) is 2.70. The molecular formula is C24H36N2. The number of nitrogens with one attached hydrogen (secondary N) is 2. The molecule has 0 aliphatic carbocycles. The normalized spacial score (nSPS) is 13.5. The highest BCUT2D eigenvalue weighted by Gasteiger charge is 2.23. The molecule has 142 valence electrons. The fourth-order valence-electron chi connectivity index (χ4n) is 3.44. The first-order valence-corrected chi connectivity index (χ1v) is 10.4. The van der Waals surface area contributed by atoms with Gasteiger partial charge in [-0.2, -0.15) is 0 Å². The monoisotopic (exact) mass is 352 g/mol. The Bertz CT molecular complexity index is 514. The minimum Gasteiger partial charge on any atom is -0.308 e. The van der Waals surface area contributed by atoms with Gasteiger partial charge in [0.1, 0.15) is 0 Å². The fraction of sp³-hybridized carbons (Fsp3) is 0.500. The lowest BCUT2D eigenvalue weighted by Gasteiger charge is -2.30. The van der Waals surface area contributed by atoms with Crippen LogP contribution in [-0.4, -0.2) is 13.1 Å². The molecular weight excluding hydrogens is 316 g/mol. The Balaban J connectivity index is 2.18. The molecule has 0 heterocycles. The smallest absolute Gasteiger partial charge is 0.0518 e. The number of unbranched alkanes of at least 4 members (excludes halogenated alkanes) is 4. The van der Waals surface area contributed by atoms with Gasteiger partial charge in [0, 0.05) is 0 Å². The van der Waals surface area contributed by atoms with Gasteiger partial charge in [0.2, 0.25) is 0 Å². The largest absolute Gasteiger partial charge is 0.308 e. The van der Waals surface area contributed by atoms with Gasteiger partial charge in [-0.3, -0.25) is 0 Å². The number of rotatable bonds is 13. The molecule has 2 N–H and O–H groups in total. The predicted molar refractivity (Wildman–Crippen MR) is 113 cm³/mol. The van der Waals surface area contributed by atoms with Crippen LogP contribution in [0.1, 0.15) is 75.6 Å². The van der Waals surface area contributed by atoms with Gasteiger partial charge >= 0.3 is 0 Å². The Hall–Kier alpha value is -1.64. The summed E-state index contributed by atoms with van der Waals surface area (Å²) in [5.74, 6) is 0. The van der Waals surface area contributed by atoms with Crippen LogP contribution >= 0.6 is 0 Å². The van der Waals surface area contributed by atoms with Crippen LogP contribution in [0.3, 0.4) is 0 Å². The van der Waals surface area contributed by atoms with E-state index < -0.39 is 0 Å². The van der Waals surface area contributed by atoms with Crippen LogP contribution in [0.4, 0.5) is 0 Å².